The molecule has 1 fully saturated rings. The van der Waals surface area contributed by atoms with Gasteiger partial charge in [-0.3, -0.25) is 4.79 Å². The van der Waals surface area contributed by atoms with E-state index in [0.717, 1.165) is 29.5 Å². The smallest absolute Gasteiger partial charge is 0.314 e. The second-order valence-corrected chi connectivity index (χ2v) is 8.89. The minimum atomic E-state index is -1.05. The van der Waals surface area contributed by atoms with Gasteiger partial charge in [-0.05, 0) is 49.3 Å². The van der Waals surface area contributed by atoms with Crippen LogP contribution in [0.15, 0.2) is 103 Å². The number of hydrogen-bond acceptors (Lipinski definition) is 1. The summed E-state index contributed by atoms with van der Waals surface area (Å²) in [6.45, 7) is 4.02. The van der Waals surface area contributed by atoms with Crippen LogP contribution in [0, 0.1) is 5.41 Å². The highest BCUT2D eigenvalue weighted by atomic mass is 16.4. The number of carboxylic acids is 1. The molecular weight excluding hydrogens is 380 g/mol. The zero-order valence-electron chi connectivity index (χ0n) is 18.3. The van der Waals surface area contributed by atoms with Gasteiger partial charge in [-0.1, -0.05) is 109 Å². The van der Waals surface area contributed by atoms with Gasteiger partial charge in [-0.2, -0.15) is 0 Å². The highest BCUT2D eigenvalue weighted by Crippen LogP contribution is 2.63. The Morgan fingerprint density at radius 3 is 1.77 bits per heavy atom. The van der Waals surface area contributed by atoms with E-state index in [1.807, 2.05) is 62.4 Å². The van der Waals surface area contributed by atoms with Gasteiger partial charge >= 0.3 is 5.97 Å². The van der Waals surface area contributed by atoms with Gasteiger partial charge in [0.05, 0.1) is 0 Å². The van der Waals surface area contributed by atoms with Gasteiger partial charge in [0.15, 0.2) is 0 Å². The highest BCUT2D eigenvalue weighted by Gasteiger charge is 2.62. The summed E-state index contributed by atoms with van der Waals surface area (Å²) < 4.78 is 0. The second kappa shape index (κ2) is 8.55. The van der Waals surface area contributed by atoms with Crippen molar-refractivity contribution in [3.63, 3.8) is 0 Å². The molecule has 3 aromatic rings. The maximum absolute atomic E-state index is 13.3. The molecule has 31 heavy (non-hydrogen) atoms. The maximum Gasteiger partial charge on any atom is 0.314 e. The molecule has 0 aromatic heterocycles. The molecular formula is C29H30O2. The summed E-state index contributed by atoms with van der Waals surface area (Å²) in [5, 5.41) is 10.9. The average molecular weight is 411 g/mol. The van der Waals surface area contributed by atoms with Gasteiger partial charge in [0.2, 0.25) is 0 Å². The van der Waals surface area contributed by atoms with Crippen LogP contribution in [0.25, 0.3) is 0 Å². The Morgan fingerprint density at radius 1 is 0.839 bits per heavy atom. The van der Waals surface area contributed by atoms with Crippen LogP contribution >= 0.6 is 0 Å². The SMILES string of the molecule is CC(C)=CC1(C(=O)O)CCCC(c2ccccc2)C1(c1ccccc1)c1ccccc1. The van der Waals surface area contributed by atoms with Crippen molar-refractivity contribution < 1.29 is 9.90 Å². The average Bonchev–Trinajstić information content (AvgIpc) is 2.80. The lowest BCUT2D eigenvalue weighted by Gasteiger charge is -2.55. The number of allylic oxidation sites excluding steroid dienone is 1. The van der Waals surface area contributed by atoms with Crippen LogP contribution in [0.2, 0.25) is 0 Å². The van der Waals surface area contributed by atoms with Gasteiger partial charge < -0.3 is 5.11 Å². The lowest BCUT2D eigenvalue weighted by molar-refractivity contribution is -0.152. The van der Waals surface area contributed by atoms with Crippen molar-refractivity contribution in [2.45, 2.75) is 44.4 Å². The third kappa shape index (κ3) is 3.40. The molecule has 2 nitrogen and oxygen atoms in total. The lowest BCUT2D eigenvalue weighted by Crippen LogP contribution is -2.56. The number of hydrogen-bond donors (Lipinski definition) is 1. The summed E-state index contributed by atoms with van der Waals surface area (Å²) in [5.74, 6) is -0.707. The molecule has 1 aliphatic carbocycles. The van der Waals surface area contributed by atoms with Gasteiger partial charge in [-0.25, -0.2) is 0 Å². The van der Waals surface area contributed by atoms with E-state index in [0.29, 0.717) is 6.42 Å². The van der Waals surface area contributed by atoms with Crippen LogP contribution in [-0.4, -0.2) is 11.1 Å². The molecule has 0 heterocycles. The molecule has 0 bridgehead atoms. The summed E-state index contributed by atoms with van der Waals surface area (Å²) in [7, 11) is 0. The molecule has 1 N–H and O–H groups in total. The number of carboxylic acid groups (broad SMARTS) is 1. The summed E-state index contributed by atoms with van der Waals surface area (Å²) in [4.78, 5) is 13.3. The Bertz CT molecular complexity index is 1010. The zero-order chi connectivity index (χ0) is 21.9. The molecule has 1 saturated carbocycles. The van der Waals surface area contributed by atoms with E-state index in [-0.39, 0.29) is 5.92 Å². The summed E-state index contributed by atoms with van der Waals surface area (Å²) in [6, 6.07) is 31.1. The topological polar surface area (TPSA) is 37.3 Å². The third-order valence-electron chi connectivity index (χ3n) is 6.87. The van der Waals surface area contributed by atoms with Crippen molar-refractivity contribution >= 4 is 5.97 Å². The van der Waals surface area contributed by atoms with E-state index in [2.05, 4.69) is 48.5 Å². The molecule has 1 aliphatic rings. The van der Waals surface area contributed by atoms with Gasteiger partial charge in [-0.15, -0.1) is 0 Å². The van der Waals surface area contributed by atoms with E-state index in [9.17, 15) is 9.90 Å². The van der Waals surface area contributed by atoms with E-state index in [4.69, 9.17) is 0 Å². The van der Waals surface area contributed by atoms with Crippen molar-refractivity contribution in [2.24, 2.45) is 5.41 Å². The number of benzene rings is 3. The van der Waals surface area contributed by atoms with Crippen molar-refractivity contribution in [2.75, 3.05) is 0 Å². The van der Waals surface area contributed by atoms with Crippen LogP contribution in [-0.2, 0) is 10.2 Å². The number of carbonyl (C=O) groups is 1. The molecule has 0 amide bonds. The molecule has 4 rings (SSSR count). The van der Waals surface area contributed by atoms with Crippen molar-refractivity contribution in [1.29, 1.82) is 0 Å². The summed E-state index contributed by atoms with van der Waals surface area (Å²) >= 11 is 0. The monoisotopic (exact) mass is 410 g/mol. The number of rotatable bonds is 5. The summed E-state index contributed by atoms with van der Waals surface area (Å²) in [5.41, 5.74) is 2.59. The molecule has 0 radical (unpaired) electrons. The Hall–Kier alpha value is -3.13. The minimum absolute atomic E-state index is 0.0407. The third-order valence-corrected chi connectivity index (χ3v) is 6.87. The molecule has 0 aliphatic heterocycles. The fraction of sp³-hybridized carbons (Fsp3) is 0.276. The van der Waals surface area contributed by atoms with Crippen molar-refractivity contribution in [3.05, 3.63) is 119 Å². The van der Waals surface area contributed by atoms with Gasteiger partial charge in [0.1, 0.15) is 5.41 Å². The van der Waals surface area contributed by atoms with E-state index in [1.54, 1.807) is 0 Å². The Morgan fingerprint density at radius 2 is 1.32 bits per heavy atom. The van der Waals surface area contributed by atoms with Crippen LogP contribution in [0.1, 0.15) is 55.7 Å². The van der Waals surface area contributed by atoms with Gasteiger partial charge in [0, 0.05) is 5.41 Å². The Kier molecular flexibility index (Phi) is 5.82. The molecule has 158 valence electrons. The Labute approximate surface area is 185 Å². The first-order valence-electron chi connectivity index (χ1n) is 11.1. The number of aliphatic carboxylic acids is 1. The van der Waals surface area contributed by atoms with E-state index in [1.165, 1.54) is 5.56 Å². The van der Waals surface area contributed by atoms with Gasteiger partial charge in [0.25, 0.3) is 0 Å². The van der Waals surface area contributed by atoms with E-state index >= 15 is 0 Å². The fourth-order valence-corrected chi connectivity index (χ4v) is 5.91. The van der Waals surface area contributed by atoms with Crippen molar-refractivity contribution in [3.8, 4) is 0 Å². The van der Waals surface area contributed by atoms with E-state index < -0.39 is 16.8 Å². The van der Waals surface area contributed by atoms with Crippen LogP contribution in [0.3, 0.4) is 0 Å². The molecule has 0 spiro atoms. The highest BCUT2D eigenvalue weighted by molar-refractivity contribution is 5.82. The quantitative estimate of drug-likeness (QED) is 0.461. The minimum Gasteiger partial charge on any atom is -0.481 e. The van der Waals surface area contributed by atoms with Crippen LogP contribution in [0.5, 0.6) is 0 Å². The second-order valence-electron chi connectivity index (χ2n) is 8.89. The van der Waals surface area contributed by atoms with Crippen LogP contribution in [0.4, 0.5) is 0 Å². The predicted octanol–water partition coefficient (Wildman–Crippen LogP) is 6.98. The zero-order valence-corrected chi connectivity index (χ0v) is 18.3. The molecule has 0 saturated heterocycles. The summed E-state index contributed by atoms with van der Waals surface area (Å²) in [6.07, 6.45) is 4.46. The first-order valence-corrected chi connectivity index (χ1v) is 11.1. The lowest BCUT2D eigenvalue weighted by atomic mass is 9.45. The maximum atomic E-state index is 13.3. The molecule has 2 heteroatoms. The predicted molar refractivity (Wildman–Crippen MR) is 126 cm³/mol. The molecule has 3 aromatic carbocycles. The largest absolute Gasteiger partial charge is 0.481 e. The first kappa shape index (κ1) is 21.1. The Balaban J connectivity index is 2.18. The fourth-order valence-electron chi connectivity index (χ4n) is 5.91. The first-order chi connectivity index (χ1) is 15.0. The molecule has 2 unspecified atom stereocenters. The normalized spacial score (nSPS) is 22.5. The molecule has 2 atom stereocenters. The van der Waals surface area contributed by atoms with Crippen molar-refractivity contribution in [1.82, 2.24) is 0 Å². The van der Waals surface area contributed by atoms with Crippen LogP contribution < -0.4 is 0 Å². The standard InChI is InChI=1S/C29H30O2/c1-22(2)21-28(27(30)31)20-12-19-26(23-13-6-3-7-14-23)29(28,24-15-8-4-9-16-24)25-17-10-5-11-18-25/h3-11,13-18,21,26H,12,19-20H2,1-2H3,(H,30,31).